The molecule has 16 heavy (non-hydrogen) atoms. The zero-order valence-corrected chi connectivity index (χ0v) is 10.1. The predicted octanol–water partition coefficient (Wildman–Crippen LogP) is 3.35. The van der Waals surface area contributed by atoms with Crippen molar-refractivity contribution in [2.24, 2.45) is 0 Å². The Morgan fingerprint density at radius 3 is 2.38 bits per heavy atom. The van der Waals surface area contributed by atoms with Gasteiger partial charge < -0.3 is 0 Å². The number of hydrogen-bond donors (Lipinski definition) is 0. The third-order valence-corrected chi connectivity index (χ3v) is 2.82. The summed E-state index contributed by atoms with van der Waals surface area (Å²) < 4.78 is 28.5. The van der Waals surface area contributed by atoms with Crippen LogP contribution in [0.3, 0.4) is 0 Å². The van der Waals surface area contributed by atoms with Crippen molar-refractivity contribution in [1.82, 2.24) is 9.78 Å². The van der Waals surface area contributed by atoms with Crippen LogP contribution in [0, 0.1) is 18.6 Å². The van der Waals surface area contributed by atoms with Gasteiger partial charge in [0.05, 0.1) is 6.20 Å². The zero-order chi connectivity index (χ0) is 11.7. The van der Waals surface area contributed by atoms with E-state index in [4.69, 9.17) is 0 Å². The highest BCUT2D eigenvalue weighted by Crippen LogP contribution is 2.20. The van der Waals surface area contributed by atoms with Gasteiger partial charge in [-0.3, -0.25) is 0 Å². The first-order valence-electron chi connectivity index (χ1n) is 4.67. The fourth-order valence-electron chi connectivity index (χ4n) is 1.45. The SMILES string of the molecule is Cc1cnn(-c2c(F)cc(CBr)cc2F)c1. The lowest BCUT2D eigenvalue weighted by Crippen LogP contribution is -2.03. The summed E-state index contributed by atoms with van der Waals surface area (Å²) in [6.07, 6.45) is 3.13. The standard InChI is InChI=1S/C11H9BrF2N2/c1-7-5-15-16(6-7)11-9(13)2-8(4-12)3-10(11)14/h2-3,5-6H,4H2,1H3. The van der Waals surface area contributed by atoms with E-state index in [-0.39, 0.29) is 5.69 Å². The molecule has 0 unspecified atom stereocenters. The van der Waals surface area contributed by atoms with E-state index in [2.05, 4.69) is 21.0 Å². The van der Waals surface area contributed by atoms with Crippen LogP contribution in [0.15, 0.2) is 24.5 Å². The van der Waals surface area contributed by atoms with Gasteiger partial charge in [-0.1, -0.05) is 15.9 Å². The maximum absolute atomic E-state index is 13.7. The first-order valence-corrected chi connectivity index (χ1v) is 5.79. The first-order chi connectivity index (χ1) is 7.61. The molecule has 0 aliphatic carbocycles. The molecule has 0 aliphatic rings. The van der Waals surface area contributed by atoms with E-state index in [1.54, 1.807) is 12.4 Å². The van der Waals surface area contributed by atoms with E-state index in [0.717, 1.165) is 5.56 Å². The smallest absolute Gasteiger partial charge is 0.152 e. The Balaban J connectivity index is 2.57. The summed E-state index contributed by atoms with van der Waals surface area (Å²) in [5.41, 5.74) is 1.27. The van der Waals surface area contributed by atoms with Crippen molar-refractivity contribution < 1.29 is 8.78 Å². The van der Waals surface area contributed by atoms with Gasteiger partial charge in [0.2, 0.25) is 0 Å². The minimum Gasteiger partial charge on any atom is -0.235 e. The molecule has 0 amide bonds. The van der Waals surface area contributed by atoms with Gasteiger partial charge in [-0.05, 0) is 30.2 Å². The Morgan fingerprint density at radius 2 is 1.94 bits per heavy atom. The largest absolute Gasteiger partial charge is 0.235 e. The average molecular weight is 287 g/mol. The van der Waals surface area contributed by atoms with Crippen LogP contribution in [0.1, 0.15) is 11.1 Å². The van der Waals surface area contributed by atoms with Crippen LogP contribution < -0.4 is 0 Å². The molecular weight excluding hydrogens is 278 g/mol. The van der Waals surface area contributed by atoms with Crippen LogP contribution >= 0.6 is 15.9 Å². The van der Waals surface area contributed by atoms with E-state index in [9.17, 15) is 8.78 Å². The quantitative estimate of drug-likeness (QED) is 0.774. The second-order valence-corrected chi connectivity index (χ2v) is 4.06. The molecule has 1 aromatic heterocycles. The van der Waals surface area contributed by atoms with Crippen molar-refractivity contribution in [3.63, 3.8) is 0 Å². The molecule has 0 N–H and O–H groups in total. The van der Waals surface area contributed by atoms with Gasteiger partial charge in [0.25, 0.3) is 0 Å². The molecule has 0 saturated carbocycles. The van der Waals surface area contributed by atoms with E-state index >= 15 is 0 Å². The Kier molecular flexibility index (Phi) is 3.05. The summed E-state index contributed by atoms with van der Waals surface area (Å²) in [7, 11) is 0. The summed E-state index contributed by atoms with van der Waals surface area (Å²) >= 11 is 3.15. The average Bonchev–Trinajstić information content (AvgIpc) is 2.63. The molecule has 1 aromatic carbocycles. The van der Waals surface area contributed by atoms with Crippen LogP contribution in [0.2, 0.25) is 0 Å². The van der Waals surface area contributed by atoms with Gasteiger partial charge in [-0.15, -0.1) is 0 Å². The Bertz CT molecular complexity index is 499. The van der Waals surface area contributed by atoms with E-state index < -0.39 is 11.6 Å². The summed E-state index contributed by atoms with van der Waals surface area (Å²) in [6, 6.07) is 2.59. The third-order valence-electron chi connectivity index (χ3n) is 2.17. The molecule has 0 fully saturated rings. The molecule has 0 bridgehead atoms. The highest BCUT2D eigenvalue weighted by atomic mass is 79.9. The van der Waals surface area contributed by atoms with Crippen LogP contribution in [0.25, 0.3) is 5.69 Å². The molecule has 0 spiro atoms. The lowest BCUT2D eigenvalue weighted by Gasteiger charge is -2.06. The van der Waals surface area contributed by atoms with Crippen molar-refractivity contribution in [3.05, 3.63) is 47.3 Å². The number of rotatable bonds is 2. The van der Waals surface area contributed by atoms with Gasteiger partial charge in [0.15, 0.2) is 11.6 Å². The highest BCUT2D eigenvalue weighted by molar-refractivity contribution is 9.08. The molecule has 5 heteroatoms. The van der Waals surface area contributed by atoms with E-state index in [0.29, 0.717) is 10.9 Å². The molecule has 2 aromatic rings. The molecule has 0 atom stereocenters. The fraction of sp³-hybridized carbons (Fsp3) is 0.182. The maximum Gasteiger partial charge on any atom is 0.152 e. The molecule has 2 rings (SSSR count). The van der Waals surface area contributed by atoms with E-state index in [1.165, 1.54) is 16.8 Å². The molecule has 0 aliphatic heterocycles. The zero-order valence-electron chi connectivity index (χ0n) is 8.54. The van der Waals surface area contributed by atoms with Crippen molar-refractivity contribution in [2.45, 2.75) is 12.3 Å². The lowest BCUT2D eigenvalue weighted by molar-refractivity contribution is 0.558. The minimum absolute atomic E-state index is 0.141. The topological polar surface area (TPSA) is 17.8 Å². The molecule has 84 valence electrons. The second kappa shape index (κ2) is 4.33. The van der Waals surface area contributed by atoms with Crippen LogP contribution in [-0.2, 0) is 5.33 Å². The van der Waals surface area contributed by atoms with Crippen LogP contribution in [0.5, 0.6) is 0 Å². The number of halogens is 3. The van der Waals surface area contributed by atoms with Gasteiger partial charge >= 0.3 is 0 Å². The van der Waals surface area contributed by atoms with Gasteiger partial charge in [0.1, 0.15) is 5.69 Å². The van der Waals surface area contributed by atoms with Gasteiger partial charge in [-0.2, -0.15) is 5.10 Å². The number of aryl methyl sites for hydroxylation is 1. The molecule has 1 heterocycles. The van der Waals surface area contributed by atoms with Crippen molar-refractivity contribution in [1.29, 1.82) is 0 Å². The predicted molar refractivity (Wildman–Crippen MR) is 60.8 cm³/mol. The van der Waals surface area contributed by atoms with Crippen molar-refractivity contribution in [2.75, 3.05) is 0 Å². The Morgan fingerprint density at radius 1 is 1.31 bits per heavy atom. The van der Waals surface area contributed by atoms with Crippen LogP contribution in [-0.4, -0.2) is 9.78 Å². The van der Waals surface area contributed by atoms with Gasteiger partial charge in [0, 0.05) is 11.5 Å². The highest BCUT2D eigenvalue weighted by Gasteiger charge is 2.13. The monoisotopic (exact) mass is 286 g/mol. The third kappa shape index (κ3) is 2.00. The lowest BCUT2D eigenvalue weighted by atomic mass is 10.2. The second-order valence-electron chi connectivity index (χ2n) is 3.50. The molecule has 2 nitrogen and oxygen atoms in total. The Labute approximate surface area is 100 Å². The minimum atomic E-state index is -0.613. The maximum atomic E-state index is 13.7. The van der Waals surface area contributed by atoms with Crippen molar-refractivity contribution >= 4 is 15.9 Å². The van der Waals surface area contributed by atoms with Gasteiger partial charge in [-0.25, -0.2) is 13.5 Å². The molecule has 0 saturated heterocycles. The van der Waals surface area contributed by atoms with Crippen molar-refractivity contribution in [3.8, 4) is 5.69 Å². The molecule has 0 radical (unpaired) electrons. The number of nitrogens with zero attached hydrogens (tertiary/aromatic N) is 2. The summed E-state index contributed by atoms with van der Waals surface area (Å²) in [5, 5.41) is 4.30. The summed E-state index contributed by atoms with van der Waals surface area (Å²) in [4.78, 5) is 0. The Hall–Kier alpha value is -1.23. The summed E-state index contributed by atoms with van der Waals surface area (Å²) in [5.74, 6) is -1.23. The first kappa shape index (κ1) is 11.3. The number of benzene rings is 1. The number of hydrogen-bond acceptors (Lipinski definition) is 1. The normalized spacial score (nSPS) is 10.8. The summed E-state index contributed by atoms with van der Waals surface area (Å²) in [6.45, 7) is 1.81. The number of alkyl halides is 1. The van der Waals surface area contributed by atoms with E-state index in [1.807, 2.05) is 6.92 Å². The molecular formula is C11H9BrF2N2. The number of aromatic nitrogens is 2. The van der Waals surface area contributed by atoms with Crippen LogP contribution in [0.4, 0.5) is 8.78 Å². The fourth-order valence-corrected chi connectivity index (χ4v) is 1.77.